The van der Waals surface area contributed by atoms with Gasteiger partial charge in [-0.25, -0.2) is 0 Å². The van der Waals surface area contributed by atoms with E-state index in [1.54, 1.807) is 13.1 Å². The van der Waals surface area contributed by atoms with Gasteiger partial charge in [0.05, 0.1) is 18.7 Å². The number of piperazine rings is 1. The van der Waals surface area contributed by atoms with Crippen molar-refractivity contribution in [1.29, 1.82) is 0 Å². The smallest absolute Gasteiger partial charge is 0.345 e. The second-order valence-electron chi connectivity index (χ2n) is 7.63. The van der Waals surface area contributed by atoms with Crippen molar-refractivity contribution in [2.75, 3.05) is 59.4 Å². The van der Waals surface area contributed by atoms with Gasteiger partial charge in [-0.3, -0.25) is 14.7 Å². The molecular weight excluding hydrogens is 534 g/mol. The van der Waals surface area contributed by atoms with E-state index in [4.69, 9.17) is 0 Å². The van der Waals surface area contributed by atoms with Crippen molar-refractivity contribution < 1.29 is 18.0 Å². The predicted molar refractivity (Wildman–Crippen MR) is 129 cm³/mol. The van der Waals surface area contributed by atoms with Crippen LogP contribution in [0.2, 0.25) is 0 Å². The molecule has 2 aliphatic heterocycles. The molecular formula is C22H29F3IN5O. The minimum Gasteiger partial charge on any atom is -0.345 e. The van der Waals surface area contributed by atoms with Crippen molar-refractivity contribution in [3.8, 4) is 11.8 Å². The fourth-order valence-electron chi connectivity index (χ4n) is 3.75. The number of amides is 1. The van der Waals surface area contributed by atoms with E-state index in [9.17, 15) is 18.0 Å². The highest BCUT2D eigenvalue weighted by Gasteiger charge is 2.30. The van der Waals surface area contributed by atoms with Gasteiger partial charge in [-0.15, -0.1) is 24.0 Å². The maximum Gasteiger partial charge on any atom is 0.416 e. The number of hydrogen-bond acceptors (Lipinski definition) is 3. The Hall–Kier alpha value is -2.00. The molecule has 0 atom stereocenters. The molecule has 1 N–H and O–H groups in total. The van der Waals surface area contributed by atoms with Gasteiger partial charge in [0.25, 0.3) is 0 Å². The van der Waals surface area contributed by atoms with Gasteiger partial charge in [0.2, 0.25) is 5.91 Å². The number of likely N-dealkylation sites (tertiary alicyclic amines) is 1. The van der Waals surface area contributed by atoms with Gasteiger partial charge in [-0.1, -0.05) is 17.9 Å². The van der Waals surface area contributed by atoms with Crippen molar-refractivity contribution in [3.05, 3.63) is 35.4 Å². The third-order valence-corrected chi connectivity index (χ3v) is 5.46. The van der Waals surface area contributed by atoms with Gasteiger partial charge in [0, 0.05) is 51.9 Å². The molecule has 0 saturated carbocycles. The van der Waals surface area contributed by atoms with Gasteiger partial charge in [0.15, 0.2) is 5.96 Å². The highest BCUT2D eigenvalue weighted by molar-refractivity contribution is 14.0. The SMILES string of the molecule is CN=C(NCC#Cc1cccc(C(F)(F)F)c1)N1CCN(CC(=O)N2CCCC2)CC1.I. The number of guanidine groups is 1. The van der Waals surface area contributed by atoms with Crippen LogP contribution in [0.3, 0.4) is 0 Å². The summed E-state index contributed by atoms with van der Waals surface area (Å²) >= 11 is 0. The Bertz CT molecular complexity index is 851. The summed E-state index contributed by atoms with van der Waals surface area (Å²) in [6, 6.07) is 4.99. The third-order valence-electron chi connectivity index (χ3n) is 5.46. The number of carbonyl (C=O) groups excluding carboxylic acids is 1. The number of aliphatic imine (C=N–C) groups is 1. The second-order valence-corrected chi connectivity index (χ2v) is 7.63. The minimum atomic E-state index is -4.38. The summed E-state index contributed by atoms with van der Waals surface area (Å²) in [5.74, 6) is 6.52. The molecule has 1 aromatic carbocycles. The molecule has 2 aliphatic rings. The van der Waals surface area contributed by atoms with E-state index in [-0.39, 0.29) is 36.4 Å². The normalized spacial score (nSPS) is 17.4. The van der Waals surface area contributed by atoms with E-state index in [1.165, 1.54) is 6.07 Å². The number of benzene rings is 1. The highest BCUT2D eigenvalue weighted by atomic mass is 127. The van der Waals surface area contributed by atoms with Crippen LogP contribution in [0.4, 0.5) is 13.2 Å². The van der Waals surface area contributed by atoms with Crippen LogP contribution < -0.4 is 5.32 Å². The van der Waals surface area contributed by atoms with Crippen LogP contribution >= 0.6 is 24.0 Å². The van der Waals surface area contributed by atoms with Crippen LogP contribution in [0.25, 0.3) is 0 Å². The molecule has 10 heteroatoms. The van der Waals surface area contributed by atoms with Crippen molar-refractivity contribution in [1.82, 2.24) is 20.0 Å². The van der Waals surface area contributed by atoms with Gasteiger partial charge in [0.1, 0.15) is 0 Å². The number of alkyl halides is 3. The van der Waals surface area contributed by atoms with E-state index in [0.29, 0.717) is 18.1 Å². The zero-order valence-corrected chi connectivity index (χ0v) is 20.5. The first-order chi connectivity index (χ1) is 14.9. The molecule has 1 amide bonds. The highest BCUT2D eigenvalue weighted by Crippen LogP contribution is 2.29. The summed E-state index contributed by atoms with van der Waals surface area (Å²) in [7, 11) is 1.69. The minimum absolute atomic E-state index is 0. The van der Waals surface area contributed by atoms with Crippen molar-refractivity contribution in [3.63, 3.8) is 0 Å². The standard InChI is InChI=1S/C22H28F3N5O.HI/c1-26-21(27-9-5-7-18-6-4-8-19(16-18)22(23,24)25)30-14-12-28(13-15-30)17-20(31)29-10-2-3-11-29;/h4,6,8,16H,2-3,9-15,17H2,1H3,(H,26,27);1H. The number of nitrogens with one attached hydrogen (secondary N) is 1. The number of nitrogens with zero attached hydrogens (tertiary/aromatic N) is 4. The average Bonchev–Trinajstić information content (AvgIpc) is 3.29. The van der Waals surface area contributed by atoms with E-state index >= 15 is 0 Å². The lowest BCUT2D eigenvalue weighted by Gasteiger charge is -2.36. The maximum absolute atomic E-state index is 12.8. The Kier molecular flexibility index (Phi) is 10.1. The summed E-state index contributed by atoms with van der Waals surface area (Å²) in [5.41, 5.74) is -0.382. The molecule has 0 unspecified atom stereocenters. The molecule has 3 rings (SSSR count). The molecule has 1 aromatic rings. The van der Waals surface area contributed by atoms with Crippen LogP contribution in [0, 0.1) is 11.8 Å². The van der Waals surface area contributed by atoms with Gasteiger partial charge in [-0.05, 0) is 31.0 Å². The Morgan fingerprint density at radius 1 is 1.09 bits per heavy atom. The molecule has 0 spiro atoms. The monoisotopic (exact) mass is 563 g/mol. The summed E-state index contributed by atoms with van der Waals surface area (Å²) in [6.07, 6.45) is -2.18. The van der Waals surface area contributed by atoms with Gasteiger partial charge < -0.3 is 15.1 Å². The summed E-state index contributed by atoms with van der Waals surface area (Å²) in [6.45, 7) is 5.51. The lowest BCUT2D eigenvalue weighted by Crippen LogP contribution is -2.54. The largest absolute Gasteiger partial charge is 0.416 e. The first-order valence-electron chi connectivity index (χ1n) is 10.5. The first-order valence-corrected chi connectivity index (χ1v) is 10.5. The molecule has 0 bridgehead atoms. The Morgan fingerprint density at radius 2 is 1.78 bits per heavy atom. The van der Waals surface area contributed by atoms with Crippen LogP contribution in [0.1, 0.15) is 24.0 Å². The fourth-order valence-corrected chi connectivity index (χ4v) is 3.75. The Morgan fingerprint density at radius 3 is 2.41 bits per heavy atom. The number of carbonyl (C=O) groups is 1. The molecule has 2 saturated heterocycles. The van der Waals surface area contributed by atoms with E-state index < -0.39 is 11.7 Å². The molecule has 6 nitrogen and oxygen atoms in total. The Labute approximate surface area is 204 Å². The molecule has 2 heterocycles. The zero-order chi connectivity index (χ0) is 22.3. The maximum atomic E-state index is 12.8. The lowest BCUT2D eigenvalue weighted by atomic mass is 10.1. The van der Waals surface area contributed by atoms with Crippen molar-refractivity contribution >= 4 is 35.8 Å². The molecule has 2 fully saturated rings. The fraction of sp³-hybridized carbons (Fsp3) is 0.545. The lowest BCUT2D eigenvalue weighted by molar-refractivity contribution is -0.137. The van der Waals surface area contributed by atoms with Gasteiger partial charge >= 0.3 is 6.18 Å². The van der Waals surface area contributed by atoms with Crippen LogP contribution in [-0.4, -0.2) is 86.0 Å². The van der Waals surface area contributed by atoms with Gasteiger partial charge in [-0.2, -0.15) is 13.2 Å². The molecule has 0 aliphatic carbocycles. The molecule has 32 heavy (non-hydrogen) atoms. The van der Waals surface area contributed by atoms with E-state index in [0.717, 1.165) is 64.2 Å². The van der Waals surface area contributed by atoms with Crippen LogP contribution in [0.5, 0.6) is 0 Å². The van der Waals surface area contributed by atoms with E-state index in [2.05, 4.69) is 31.9 Å². The quantitative estimate of drug-likeness (QED) is 0.266. The number of hydrogen-bond donors (Lipinski definition) is 1. The summed E-state index contributed by atoms with van der Waals surface area (Å²) in [5, 5.41) is 3.14. The topological polar surface area (TPSA) is 51.2 Å². The van der Waals surface area contributed by atoms with Crippen LogP contribution in [0.15, 0.2) is 29.3 Å². The predicted octanol–water partition coefficient (Wildman–Crippen LogP) is 2.49. The van der Waals surface area contributed by atoms with Crippen molar-refractivity contribution in [2.45, 2.75) is 19.0 Å². The molecule has 0 aromatic heterocycles. The molecule has 0 radical (unpaired) electrons. The first kappa shape index (κ1) is 26.3. The molecule has 176 valence electrons. The number of rotatable bonds is 3. The van der Waals surface area contributed by atoms with Crippen molar-refractivity contribution in [2.24, 2.45) is 4.99 Å². The van der Waals surface area contributed by atoms with Crippen LogP contribution in [-0.2, 0) is 11.0 Å². The second kappa shape index (κ2) is 12.3. The summed E-state index contributed by atoms with van der Waals surface area (Å²) < 4.78 is 38.4. The van der Waals surface area contributed by atoms with E-state index in [1.807, 2.05) is 4.90 Å². The summed E-state index contributed by atoms with van der Waals surface area (Å²) in [4.78, 5) is 22.8. The number of halogens is 4. The zero-order valence-electron chi connectivity index (χ0n) is 18.1. The third kappa shape index (κ3) is 7.55. The average molecular weight is 563 g/mol. The Balaban J connectivity index is 0.00000363.